The molecule has 0 atom stereocenters. The zero-order chi connectivity index (χ0) is 11.8. The molecule has 0 unspecified atom stereocenters. The first kappa shape index (κ1) is 11.2. The van der Waals surface area contributed by atoms with Crippen molar-refractivity contribution in [3.8, 4) is 0 Å². The third kappa shape index (κ3) is 1.79. The topological polar surface area (TPSA) is 33.1 Å². The van der Waals surface area contributed by atoms with Crippen LogP contribution in [0.1, 0.15) is 36.8 Å². The maximum atomic E-state index is 4.85. The van der Waals surface area contributed by atoms with E-state index in [0.29, 0.717) is 6.04 Å². The molecule has 1 N–H and O–H groups in total. The van der Waals surface area contributed by atoms with Crippen molar-refractivity contribution in [3.63, 3.8) is 0 Å². The van der Waals surface area contributed by atoms with Gasteiger partial charge in [-0.05, 0) is 31.5 Å². The van der Waals surface area contributed by atoms with Gasteiger partial charge < -0.3 is 5.32 Å². The number of likely N-dealkylation sites (tertiary alicyclic amines) is 1. The third-order valence-corrected chi connectivity index (χ3v) is 4.11. The van der Waals surface area contributed by atoms with Crippen LogP contribution in [0.5, 0.6) is 0 Å². The number of nitrogens with zero attached hydrogens (tertiary/aromatic N) is 3. The van der Waals surface area contributed by atoms with Crippen molar-refractivity contribution in [3.05, 3.63) is 17.0 Å². The molecule has 2 aliphatic heterocycles. The van der Waals surface area contributed by atoms with Crippen LogP contribution in [0.3, 0.4) is 0 Å². The molecular weight excluding hydrogens is 212 g/mol. The van der Waals surface area contributed by atoms with Crippen molar-refractivity contribution in [1.29, 1.82) is 0 Å². The van der Waals surface area contributed by atoms with Crippen molar-refractivity contribution in [2.24, 2.45) is 0 Å². The zero-order valence-corrected chi connectivity index (χ0v) is 10.9. The Morgan fingerprint density at radius 1 is 1.35 bits per heavy atom. The predicted octanol–water partition coefficient (Wildman–Crippen LogP) is 0.968. The van der Waals surface area contributed by atoms with Crippen molar-refractivity contribution in [2.75, 3.05) is 26.2 Å². The number of fused-ring (bicyclic) bond motifs is 1. The lowest BCUT2D eigenvalue weighted by Crippen LogP contribution is -2.48. The lowest BCUT2D eigenvalue weighted by molar-refractivity contribution is 0.102. The summed E-state index contributed by atoms with van der Waals surface area (Å²) in [5.74, 6) is 0. The van der Waals surface area contributed by atoms with Crippen LogP contribution >= 0.6 is 0 Å². The molecule has 0 saturated carbocycles. The summed E-state index contributed by atoms with van der Waals surface area (Å²) in [5.41, 5.74) is 4.31. The quantitative estimate of drug-likeness (QED) is 0.846. The fourth-order valence-corrected chi connectivity index (χ4v) is 2.99. The van der Waals surface area contributed by atoms with E-state index in [1.807, 2.05) is 0 Å². The molecule has 0 radical (unpaired) electrons. The summed E-state index contributed by atoms with van der Waals surface area (Å²) in [6.45, 7) is 10.1. The van der Waals surface area contributed by atoms with Gasteiger partial charge in [0.15, 0.2) is 0 Å². The average Bonchev–Trinajstić information content (AvgIpc) is 2.67. The molecule has 4 heteroatoms. The minimum absolute atomic E-state index is 0.615. The Bertz CT molecular complexity index is 404. The van der Waals surface area contributed by atoms with Gasteiger partial charge >= 0.3 is 0 Å². The van der Waals surface area contributed by atoms with Crippen LogP contribution in [-0.2, 0) is 19.4 Å². The molecule has 3 rings (SSSR count). The van der Waals surface area contributed by atoms with Crippen molar-refractivity contribution >= 4 is 0 Å². The first-order valence-corrected chi connectivity index (χ1v) is 6.85. The summed E-state index contributed by atoms with van der Waals surface area (Å²) in [6, 6.07) is 0.615. The Kier molecular flexibility index (Phi) is 2.92. The van der Waals surface area contributed by atoms with Crippen LogP contribution < -0.4 is 5.32 Å². The number of likely N-dealkylation sites (N-methyl/N-ethyl adjacent to an activating group) is 1. The summed E-state index contributed by atoms with van der Waals surface area (Å²) >= 11 is 0. The lowest BCUT2D eigenvalue weighted by atomic mass is 10.0. The molecule has 2 aliphatic rings. The summed E-state index contributed by atoms with van der Waals surface area (Å²) < 4.78 is 2.31. The fourth-order valence-electron chi connectivity index (χ4n) is 2.99. The summed E-state index contributed by atoms with van der Waals surface area (Å²) in [4.78, 5) is 2.47. The molecule has 17 heavy (non-hydrogen) atoms. The number of hydrogen-bond donors (Lipinski definition) is 1. The predicted molar refractivity (Wildman–Crippen MR) is 68.2 cm³/mol. The van der Waals surface area contributed by atoms with Crippen LogP contribution in [0.4, 0.5) is 0 Å². The molecule has 1 fully saturated rings. The van der Waals surface area contributed by atoms with Crippen LogP contribution in [-0.4, -0.2) is 40.9 Å². The lowest BCUT2D eigenvalue weighted by Gasteiger charge is -2.39. The second-order valence-electron chi connectivity index (χ2n) is 5.10. The Hall–Kier alpha value is -0.870. The van der Waals surface area contributed by atoms with Gasteiger partial charge in [0.2, 0.25) is 0 Å². The van der Waals surface area contributed by atoms with Crippen LogP contribution in [0, 0.1) is 0 Å². The highest BCUT2D eigenvalue weighted by Crippen LogP contribution is 2.27. The molecule has 0 spiro atoms. The number of aryl methyl sites for hydroxylation is 1. The molecule has 1 saturated heterocycles. The summed E-state index contributed by atoms with van der Waals surface area (Å²) in [6.07, 6.45) is 2.22. The van der Waals surface area contributed by atoms with Crippen molar-refractivity contribution < 1.29 is 0 Å². The van der Waals surface area contributed by atoms with E-state index in [9.17, 15) is 0 Å². The molecule has 0 aromatic carbocycles. The van der Waals surface area contributed by atoms with E-state index in [-0.39, 0.29) is 0 Å². The van der Waals surface area contributed by atoms with E-state index in [0.717, 1.165) is 25.9 Å². The van der Waals surface area contributed by atoms with Gasteiger partial charge in [0.1, 0.15) is 0 Å². The maximum Gasteiger partial charge on any atom is 0.0776 e. The van der Waals surface area contributed by atoms with Gasteiger partial charge in [-0.2, -0.15) is 5.10 Å². The minimum Gasteiger partial charge on any atom is -0.311 e. The average molecular weight is 234 g/mol. The van der Waals surface area contributed by atoms with Gasteiger partial charge in [-0.1, -0.05) is 13.8 Å². The van der Waals surface area contributed by atoms with E-state index < -0.39 is 0 Å². The van der Waals surface area contributed by atoms with Gasteiger partial charge in [0.25, 0.3) is 0 Å². The highest BCUT2D eigenvalue weighted by atomic mass is 15.4. The Labute approximate surface area is 103 Å². The highest BCUT2D eigenvalue weighted by Gasteiger charge is 2.31. The molecule has 1 aromatic heterocycles. The van der Waals surface area contributed by atoms with E-state index >= 15 is 0 Å². The Morgan fingerprint density at radius 2 is 2.18 bits per heavy atom. The highest BCUT2D eigenvalue weighted by molar-refractivity contribution is 5.29. The van der Waals surface area contributed by atoms with E-state index in [4.69, 9.17) is 5.10 Å². The summed E-state index contributed by atoms with van der Waals surface area (Å²) in [7, 11) is 0. The second-order valence-corrected chi connectivity index (χ2v) is 5.10. The van der Waals surface area contributed by atoms with Gasteiger partial charge in [0.05, 0.1) is 17.4 Å². The van der Waals surface area contributed by atoms with Crippen LogP contribution in [0.15, 0.2) is 0 Å². The normalized spacial score (nSPS) is 21.3. The molecule has 4 nitrogen and oxygen atoms in total. The zero-order valence-electron chi connectivity index (χ0n) is 10.9. The van der Waals surface area contributed by atoms with Crippen molar-refractivity contribution in [1.82, 2.24) is 20.0 Å². The van der Waals surface area contributed by atoms with E-state index in [1.54, 1.807) is 0 Å². The molecule has 0 amide bonds. The molecule has 94 valence electrons. The molecule has 3 heterocycles. The molecule has 0 bridgehead atoms. The first-order chi connectivity index (χ1) is 8.33. The number of aromatic nitrogens is 2. The largest absolute Gasteiger partial charge is 0.311 e. The van der Waals surface area contributed by atoms with Crippen LogP contribution in [0.25, 0.3) is 0 Å². The molecule has 0 aliphatic carbocycles. The Morgan fingerprint density at radius 3 is 2.88 bits per heavy atom. The fraction of sp³-hybridized carbons (Fsp3) is 0.769. The Balaban J connectivity index is 1.87. The van der Waals surface area contributed by atoms with Gasteiger partial charge in [-0.3, -0.25) is 9.58 Å². The summed E-state index contributed by atoms with van der Waals surface area (Å²) in [5, 5.41) is 8.32. The maximum absolute atomic E-state index is 4.85. The van der Waals surface area contributed by atoms with Gasteiger partial charge in [-0.15, -0.1) is 0 Å². The first-order valence-electron chi connectivity index (χ1n) is 6.85. The van der Waals surface area contributed by atoms with Crippen molar-refractivity contribution in [2.45, 2.75) is 39.3 Å². The van der Waals surface area contributed by atoms with E-state index in [1.165, 1.54) is 36.6 Å². The second kappa shape index (κ2) is 4.42. The standard InChI is InChI=1S/C13H22N4/c1-3-12-11-5-6-14-7-13(11)17(15-12)10-8-16(4-2)9-10/h10,14H,3-9H2,1-2H3. The minimum atomic E-state index is 0.615. The number of rotatable bonds is 3. The van der Waals surface area contributed by atoms with Crippen LogP contribution in [0.2, 0.25) is 0 Å². The monoisotopic (exact) mass is 234 g/mol. The van der Waals surface area contributed by atoms with Gasteiger partial charge in [-0.25, -0.2) is 0 Å². The van der Waals surface area contributed by atoms with Gasteiger partial charge in [0, 0.05) is 19.6 Å². The number of hydrogen-bond acceptors (Lipinski definition) is 3. The molecular formula is C13H22N4. The third-order valence-electron chi connectivity index (χ3n) is 4.11. The number of nitrogens with one attached hydrogen (secondary N) is 1. The smallest absolute Gasteiger partial charge is 0.0776 e. The molecule has 1 aromatic rings. The van der Waals surface area contributed by atoms with E-state index in [2.05, 4.69) is 28.7 Å². The SMILES string of the molecule is CCc1nn(C2CN(CC)C2)c2c1CCNC2.